The molecule has 0 bridgehead atoms. The summed E-state index contributed by atoms with van der Waals surface area (Å²) >= 11 is 0. The molecule has 0 aliphatic heterocycles. The highest BCUT2D eigenvalue weighted by Gasteiger charge is 2.36. The lowest BCUT2D eigenvalue weighted by Crippen LogP contribution is -2.30. The molecule has 0 atom stereocenters. The molecular formula is C23H28O3. The molecule has 0 amide bonds. The fourth-order valence-electron chi connectivity index (χ4n) is 4.13. The van der Waals surface area contributed by atoms with Crippen molar-refractivity contribution >= 4 is 6.16 Å². The summed E-state index contributed by atoms with van der Waals surface area (Å²) < 4.78 is 9.86. The van der Waals surface area contributed by atoms with Crippen LogP contribution in [0, 0.1) is 20.8 Å². The minimum Gasteiger partial charge on any atom is -0.437 e. The Hall–Kier alpha value is -2.29. The fraction of sp³-hybridized carbons (Fsp3) is 0.435. The van der Waals surface area contributed by atoms with Crippen LogP contribution in [-0.2, 0) is 10.2 Å². The van der Waals surface area contributed by atoms with E-state index in [0.29, 0.717) is 5.75 Å². The van der Waals surface area contributed by atoms with E-state index in [0.717, 1.165) is 18.4 Å². The van der Waals surface area contributed by atoms with Gasteiger partial charge in [-0.25, -0.2) is 4.79 Å². The molecule has 1 aliphatic rings. The molecule has 1 saturated carbocycles. The Morgan fingerprint density at radius 1 is 0.846 bits per heavy atom. The molecule has 3 rings (SSSR count). The van der Waals surface area contributed by atoms with Crippen LogP contribution in [0.3, 0.4) is 0 Å². The SMILES string of the molecule is COC(=O)Oc1ccc(C2(c3ccc(C)c(C)c3)CCCCC2)cc1C. The van der Waals surface area contributed by atoms with E-state index in [4.69, 9.17) is 4.74 Å². The van der Waals surface area contributed by atoms with Crippen LogP contribution in [0.5, 0.6) is 5.75 Å². The first-order valence-electron chi connectivity index (χ1n) is 9.41. The lowest BCUT2D eigenvalue weighted by atomic mass is 9.65. The number of ether oxygens (including phenoxy) is 2. The minimum atomic E-state index is -0.678. The van der Waals surface area contributed by atoms with E-state index < -0.39 is 6.16 Å². The quantitative estimate of drug-likeness (QED) is 0.501. The summed E-state index contributed by atoms with van der Waals surface area (Å²) in [5, 5.41) is 0. The highest BCUT2D eigenvalue weighted by molar-refractivity contribution is 5.64. The second kappa shape index (κ2) is 7.53. The third-order valence-electron chi connectivity index (χ3n) is 5.85. The van der Waals surface area contributed by atoms with E-state index in [1.165, 1.54) is 48.6 Å². The van der Waals surface area contributed by atoms with Gasteiger partial charge < -0.3 is 9.47 Å². The molecule has 0 unspecified atom stereocenters. The molecule has 0 saturated heterocycles. The number of rotatable bonds is 3. The van der Waals surface area contributed by atoms with Crippen LogP contribution in [0.2, 0.25) is 0 Å². The molecule has 138 valence electrons. The summed E-state index contributed by atoms with van der Waals surface area (Å²) in [6.45, 7) is 6.34. The van der Waals surface area contributed by atoms with Gasteiger partial charge in [0.2, 0.25) is 0 Å². The van der Waals surface area contributed by atoms with Crippen LogP contribution >= 0.6 is 0 Å². The first-order valence-corrected chi connectivity index (χ1v) is 9.41. The molecule has 0 radical (unpaired) electrons. The molecule has 0 N–H and O–H groups in total. The molecule has 3 nitrogen and oxygen atoms in total. The van der Waals surface area contributed by atoms with Crippen molar-refractivity contribution in [2.45, 2.75) is 58.3 Å². The Bertz CT molecular complexity index is 801. The number of methoxy groups -OCH3 is 1. The Labute approximate surface area is 156 Å². The van der Waals surface area contributed by atoms with Gasteiger partial charge in [-0.2, -0.15) is 0 Å². The molecule has 1 fully saturated rings. The summed E-state index contributed by atoms with van der Waals surface area (Å²) in [6.07, 6.45) is 5.43. The van der Waals surface area contributed by atoms with Crippen molar-refractivity contribution in [3.63, 3.8) is 0 Å². The largest absolute Gasteiger partial charge is 0.513 e. The van der Waals surface area contributed by atoms with Gasteiger partial charge in [-0.15, -0.1) is 0 Å². The molecule has 0 heterocycles. The van der Waals surface area contributed by atoms with Crippen LogP contribution in [0.25, 0.3) is 0 Å². The van der Waals surface area contributed by atoms with E-state index in [1.54, 1.807) is 0 Å². The minimum absolute atomic E-state index is 0.0469. The van der Waals surface area contributed by atoms with E-state index in [1.807, 2.05) is 13.0 Å². The van der Waals surface area contributed by atoms with Gasteiger partial charge in [0, 0.05) is 5.41 Å². The Morgan fingerprint density at radius 3 is 2.04 bits per heavy atom. The van der Waals surface area contributed by atoms with Crippen molar-refractivity contribution in [2.75, 3.05) is 7.11 Å². The highest BCUT2D eigenvalue weighted by Crippen LogP contribution is 2.46. The Morgan fingerprint density at radius 2 is 1.46 bits per heavy atom. The number of benzene rings is 2. The second-order valence-electron chi connectivity index (χ2n) is 7.48. The van der Waals surface area contributed by atoms with Gasteiger partial charge in [-0.05, 0) is 67.5 Å². The first kappa shape index (κ1) is 18.5. The molecular weight excluding hydrogens is 324 g/mol. The van der Waals surface area contributed by atoms with E-state index >= 15 is 0 Å². The van der Waals surface area contributed by atoms with Crippen molar-refractivity contribution < 1.29 is 14.3 Å². The van der Waals surface area contributed by atoms with Gasteiger partial charge in [-0.3, -0.25) is 0 Å². The number of hydrogen-bond donors (Lipinski definition) is 0. The summed E-state index contributed by atoms with van der Waals surface area (Å²) in [6, 6.07) is 13.1. The third-order valence-corrected chi connectivity index (χ3v) is 5.85. The molecule has 2 aromatic carbocycles. The zero-order chi connectivity index (χ0) is 18.7. The monoisotopic (exact) mass is 352 g/mol. The van der Waals surface area contributed by atoms with Crippen molar-refractivity contribution in [3.8, 4) is 5.75 Å². The fourth-order valence-corrected chi connectivity index (χ4v) is 4.13. The maximum atomic E-state index is 11.4. The van der Waals surface area contributed by atoms with Crippen LogP contribution < -0.4 is 4.74 Å². The zero-order valence-electron chi connectivity index (χ0n) is 16.2. The van der Waals surface area contributed by atoms with Crippen molar-refractivity contribution in [2.24, 2.45) is 0 Å². The van der Waals surface area contributed by atoms with Crippen LogP contribution in [0.4, 0.5) is 4.79 Å². The van der Waals surface area contributed by atoms with Gasteiger partial charge in [0.1, 0.15) is 5.75 Å². The smallest absolute Gasteiger partial charge is 0.437 e. The number of aryl methyl sites for hydroxylation is 3. The zero-order valence-corrected chi connectivity index (χ0v) is 16.2. The Balaban J connectivity index is 2.04. The predicted molar refractivity (Wildman–Crippen MR) is 104 cm³/mol. The Kier molecular flexibility index (Phi) is 5.36. The van der Waals surface area contributed by atoms with Crippen molar-refractivity contribution in [1.82, 2.24) is 0 Å². The topological polar surface area (TPSA) is 35.5 Å². The maximum Gasteiger partial charge on any atom is 0.513 e. The van der Waals surface area contributed by atoms with Gasteiger partial charge in [0.25, 0.3) is 0 Å². The summed E-state index contributed by atoms with van der Waals surface area (Å²) in [4.78, 5) is 11.4. The van der Waals surface area contributed by atoms with Crippen LogP contribution in [0.15, 0.2) is 36.4 Å². The highest BCUT2D eigenvalue weighted by atomic mass is 16.7. The lowest BCUT2D eigenvalue weighted by molar-refractivity contribution is 0.121. The molecule has 3 heteroatoms. The van der Waals surface area contributed by atoms with Crippen molar-refractivity contribution in [3.05, 3.63) is 64.2 Å². The van der Waals surface area contributed by atoms with E-state index in [2.05, 4.69) is 48.9 Å². The summed E-state index contributed by atoms with van der Waals surface area (Å²) in [7, 11) is 1.32. The first-order chi connectivity index (χ1) is 12.5. The van der Waals surface area contributed by atoms with E-state index in [9.17, 15) is 4.79 Å². The molecule has 26 heavy (non-hydrogen) atoms. The van der Waals surface area contributed by atoms with Gasteiger partial charge in [0.05, 0.1) is 7.11 Å². The van der Waals surface area contributed by atoms with Gasteiger partial charge in [0.15, 0.2) is 0 Å². The maximum absolute atomic E-state index is 11.4. The number of hydrogen-bond acceptors (Lipinski definition) is 3. The van der Waals surface area contributed by atoms with E-state index in [-0.39, 0.29) is 5.41 Å². The second-order valence-corrected chi connectivity index (χ2v) is 7.48. The summed E-state index contributed by atoms with van der Waals surface area (Å²) in [5.74, 6) is 0.562. The number of carbonyl (C=O) groups excluding carboxylic acids is 1. The van der Waals surface area contributed by atoms with Crippen LogP contribution in [0.1, 0.15) is 59.9 Å². The molecule has 1 aliphatic carbocycles. The predicted octanol–water partition coefficient (Wildman–Crippen LogP) is 6.01. The number of carbonyl (C=O) groups is 1. The average molecular weight is 352 g/mol. The normalized spacial score (nSPS) is 16.2. The van der Waals surface area contributed by atoms with Crippen LogP contribution in [-0.4, -0.2) is 13.3 Å². The van der Waals surface area contributed by atoms with Gasteiger partial charge in [-0.1, -0.05) is 49.6 Å². The standard InChI is InChI=1S/C23H28O3/c1-16-8-9-19(14-17(16)2)23(12-6-5-7-13-23)20-10-11-21(18(3)15-20)26-22(24)25-4/h8-11,14-15H,5-7,12-13H2,1-4H3. The van der Waals surface area contributed by atoms with Gasteiger partial charge >= 0.3 is 6.16 Å². The average Bonchev–Trinajstić information content (AvgIpc) is 2.66. The molecule has 2 aromatic rings. The molecule has 0 aromatic heterocycles. The summed E-state index contributed by atoms with van der Waals surface area (Å²) in [5.41, 5.74) is 6.40. The third kappa shape index (κ3) is 3.48. The lowest BCUT2D eigenvalue weighted by Gasteiger charge is -2.39. The van der Waals surface area contributed by atoms with Crippen molar-refractivity contribution in [1.29, 1.82) is 0 Å². The molecule has 0 spiro atoms.